The van der Waals surface area contributed by atoms with E-state index in [-0.39, 0.29) is 18.2 Å². The monoisotopic (exact) mass is 273 g/mol. The van der Waals surface area contributed by atoms with Crippen LogP contribution in [-0.2, 0) is 0 Å². The number of anilines is 1. The zero-order valence-corrected chi connectivity index (χ0v) is 11.5. The molecule has 1 fully saturated rings. The number of benzene rings is 1. The van der Waals surface area contributed by atoms with Crippen molar-refractivity contribution in [2.24, 2.45) is 0 Å². The van der Waals surface area contributed by atoms with Gasteiger partial charge in [-0.15, -0.1) is 0 Å². The first-order chi connectivity index (χ1) is 9.69. The van der Waals surface area contributed by atoms with E-state index < -0.39 is 0 Å². The number of aromatic amines is 1. The maximum atomic E-state index is 12.1. The highest BCUT2D eigenvalue weighted by Crippen LogP contribution is 2.19. The average Bonchev–Trinajstić information content (AvgIpc) is 2.47. The van der Waals surface area contributed by atoms with Crippen LogP contribution in [0.2, 0.25) is 0 Å². The number of aliphatic hydroxyl groups excluding tert-OH is 1. The van der Waals surface area contributed by atoms with Gasteiger partial charge in [-0.2, -0.15) is 0 Å². The van der Waals surface area contributed by atoms with Crippen molar-refractivity contribution in [1.29, 1.82) is 0 Å². The third-order valence-electron chi connectivity index (χ3n) is 4.07. The van der Waals surface area contributed by atoms with Crippen LogP contribution in [0.25, 0.3) is 10.8 Å². The predicted molar refractivity (Wildman–Crippen MR) is 80.3 cm³/mol. The summed E-state index contributed by atoms with van der Waals surface area (Å²) in [7, 11) is 2.02. The zero-order chi connectivity index (χ0) is 14.1. The minimum Gasteiger partial charge on any atom is -0.395 e. The first kappa shape index (κ1) is 13.1. The molecule has 1 aromatic carbocycles. The molecule has 20 heavy (non-hydrogen) atoms. The van der Waals surface area contributed by atoms with E-state index in [2.05, 4.69) is 14.8 Å². The van der Waals surface area contributed by atoms with Gasteiger partial charge in [-0.1, -0.05) is 18.2 Å². The van der Waals surface area contributed by atoms with Crippen LogP contribution in [0.5, 0.6) is 0 Å². The fraction of sp³-hybridized carbons (Fsp3) is 0.400. The Morgan fingerprint density at radius 3 is 2.95 bits per heavy atom. The van der Waals surface area contributed by atoms with Crippen LogP contribution in [0.4, 0.5) is 5.82 Å². The van der Waals surface area contributed by atoms with Crippen molar-refractivity contribution in [2.75, 3.05) is 38.2 Å². The molecule has 1 saturated heterocycles. The Labute approximate surface area is 117 Å². The van der Waals surface area contributed by atoms with Crippen LogP contribution < -0.4 is 10.5 Å². The van der Waals surface area contributed by atoms with E-state index in [0.29, 0.717) is 5.39 Å². The van der Waals surface area contributed by atoms with E-state index in [9.17, 15) is 9.90 Å². The number of likely N-dealkylation sites (N-methyl/N-ethyl adjacent to an activating group) is 1. The number of pyridine rings is 1. The lowest BCUT2D eigenvalue weighted by Gasteiger charge is -2.39. The van der Waals surface area contributed by atoms with Crippen LogP contribution in [0.3, 0.4) is 0 Å². The molecule has 0 saturated carbocycles. The minimum atomic E-state index is -0.0578. The lowest BCUT2D eigenvalue weighted by atomic mass is 10.1. The molecule has 2 aromatic rings. The molecule has 2 heterocycles. The van der Waals surface area contributed by atoms with Crippen molar-refractivity contribution >= 4 is 16.6 Å². The quantitative estimate of drug-likeness (QED) is 0.843. The maximum Gasteiger partial charge on any atom is 0.257 e. The fourth-order valence-corrected chi connectivity index (χ4v) is 2.73. The van der Waals surface area contributed by atoms with Crippen molar-refractivity contribution < 1.29 is 5.11 Å². The molecule has 0 spiro atoms. The number of nitrogens with one attached hydrogen (secondary N) is 1. The molecule has 0 radical (unpaired) electrons. The maximum absolute atomic E-state index is 12.1. The molecule has 5 heteroatoms. The van der Waals surface area contributed by atoms with Crippen LogP contribution in [-0.4, -0.2) is 54.3 Å². The predicted octanol–water partition coefficient (Wildman–Crippen LogP) is 0.641. The van der Waals surface area contributed by atoms with Gasteiger partial charge in [-0.25, -0.2) is 0 Å². The lowest BCUT2D eigenvalue weighted by molar-refractivity contribution is 0.135. The van der Waals surface area contributed by atoms with Crippen molar-refractivity contribution in [3.8, 4) is 0 Å². The molecule has 2 N–H and O–H groups in total. The summed E-state index contributed by atoms with van der Waals surface area (Å²) in [4.78, 5) is 19.3. The summed E-state index contributed by atoms with van der Waals surface area (Å²) in [6.07, 6.45) is 0. The summed E-state index contributed by atoms with van der Waals surface area (Å²) in [5.41, 5.74) is -0.0578. The number of piperazine rings is 1. The van der Waals surface area contributed by atoms with Crippen LogP contribution in [0.15, 0.2) is 35.1 Å². The van der Waals surface area contributed by atoms with Gasteiger partial charge in [0.15, 0.2) is 0 Å². The molecule has 1 aliphatic heterocycles. The Bertz CT molecular complexity index is 667. The molecule has 5 nitrogen and oxygen atoms in total. The number of nitrogens with zero attached hydrogens (tertiary/aromatic N) is 2. The molecule has 1 aromatic heterocycles. The number of fused-ring (bicyclic) bond motifs is 1. The van der Waals surface area contributed by atoms with Crippen LogP contribution in [0, 0.1) is 0 Å². The van der Waals surface area contributed by atoms with Crippen molar-refractivity contribution in [3.63, 3.8) is 0 Å². The summed E-state index contributed by atoms with van der Waals surface area (Å²) in [6.45, 7) is 2.58. The highest BCUT2D eigenvalue weighted by molar-refractivity contribution is 5.83. The van der Waals surface area contributed by atoms with E-state index in [1.165, 1.54) is 0 Å². The second-order valence-electron chi connectivity index (χ2n) is 5.33. The van der Waals surface area contributed by atoms with Gasteiger partial charge < -0.3 is 15.0 Å². The first-order valence-electron chi connectivity index (χ1n) is 6.87. The molecule has 1 aliphatic rings. The molecule has 0 aliphatic carbocycles. The standard InChI is InChI=1S/C15H19N3O2/c1-17-6-7-18(9-12(17)10-19)14-8-11-4-2-3-5-13(11)15(20)16-14/h2-5,8,12,19H,6-7,9-10H2,1H3,(H,16,20)/t12-/m0/s1. The third-order valence-corrected chi connectivity index (χ3v) is 4.07. The number of hydrogen-bond acceptors (Lipinski definition) is 4. The van der Waals surface area contributed by atoms with Crippen LogP contribution >= 0.6 is 0 Å². The molecular formula is C15H19N3O2. The Balaban J connectivity index is 1.96. The van der Waals surface area contributed by atoms with Gasteiger partial charge in [-0.3, -0.25) is 9.69 Å². The Morgan fingerprint density at radius 2 is 2.15 bits per heavy atom. The molecular weight excluding hydrogens is 254 g/mol. The van der Waals surface area contributed by atoms with E-state index in [4.69, 9.17) is 0 Å². The number of aliphatic hydroxyl groups is 1. The summed E-state index contributed by atoms with van der Waals surface area (Å²) >= 11 is 0. The van der Waals surface area contributed by atoms with Gasteiger partial charge in [-0.05, 0) is 24.6 Å². The van der Waals surface area contributed by atoms with E-state index in [1.807, 2.05) is 37.4 Å². The van der Waals surface area contributed by atoms with Crippen LogP contribution in [0.1, 0.15) is 0 Å². The average molecular weight is 273 g/mol. The minimum absolute atomic E-state index is 0.0578. The molecule has 106 valence electrons. The summed E-state index contributed by atoms with van der Waals surface area (Å²) < 4.78 is 0. The van der Waals surface area contributed by atoms with E-state index >= 15 is 0 Å². The Kier molecular flexibility index (Phi) is 3.46. The van der Waals surface area contributed by atoms with Gasteiger partial charge in [0.2, 0.25) is 0 Å². The van der Waals surface area contributed by atoms with Crippen molar-refractivity contribution in [2.45, 2.75) is 6.04 Å². The molecule has 0 amide bonds. The molecule has 1 atom stereocenters. The van der Waals surface area contributed by atoms with E-state index in [0.717, 1.165) is 30.8 Å². The molecule has 0 bridgehead atoms. The molecule has 0 unspecified atom stereocenters. The molecule has 3 rings (SSSR count). The fourth-order valence-electron chi connectivity index (χ4n) is 2.73. The highest BCUT2D eigenvalue weighted by atomic mass is 16.3. The largest absolute Gasteiger partial charge is 0.395 e. The third kappa shape index (κ3) is 2.30. The summed E-state index contributed by atoms with van der Waals surface area (Å²) in [5, 5.41) is 11.1. The smallest absolute Gasteiger partial charge is 0.257 e. The Hall–Kier alpha value is -1.85. The lowest BCUT2D eigenvalue weighted by Crippen LogP contribution is -2.53. The van der Waals surface area contributed by atoms with Crippen molar-refractivity contribution in [1.82, 2.24) is 9.88 Å². The number of hydrogen-bond donors (Lipinski definition) is 2. The van der Waals surface area contributed by atoms with Crippen molar-refractivity contribution in [3.05, 3.63) is 40.7 Å². The second-order valence-corrected chi connectivity index (χ2v) is 5.33. The topological polar surface area (TPSA) is 59.6 Å². The highest BCUT2D eigenvalue weighted by Gasteiger charge is 2.24. The van der Waals surface area contributed by atoms with Gasteiger partial charge in [0.05, 0.1) is 12.6 Å². The van der Waals surface area contributed by atoms with Gasteiger partial charge >= 0.3 is 0 Å². The van der Waals surface area contributed by atoms with E-state index in [1.54, 1.807) is 0 Å². The van der Waals surface area contributed by atoms with Gasteiger partial charge in [0, 0.05) is 25.0 Å². The SMILES string of the molecule is CN1CCN(c2cc3ccccc3c(=O)[nH]2)C[C@H]1CO. The second kappa shape index (κ2) is 5.26. The first-order valence-corrected chi connectivity index (χ1v) is 6.87. The normalized spacial score (nSPS) is 20.5. The zero-order valence-electron chi connectivity index (χ0n) is 11.5. The summed E-state index contributed by atoms with van der Waals surface area (Å²) in [6, 6.07) is 9.71. The summed E-state index contributed by atoms with van der Waals surface area (Å²) in [5.74, 6) is 0.834. The van der Waals surface area contributed by atoms with Gasteiger partial charge in [0.1, 0.15) is 5.82 Å². The number of rotatable bonds is 2. The number of aromatic nitrogens is 1. The van der Waals surface area contributed by atoms with Gasteiger partial charge in [0.25, 0.3) is 5.56 Å². The number of H-pyrrole nitrogens is 1. The Morgan fingerprint density at radius 1 is 1.35 bits per heavy atom.